The van der Waals surface area contributed by atoms with Gasteiger partial charge in [-0.05, 0) is 38.8 Å². The van der Waals surface area contributed by atoms with E-state index in [-0.39, 0.29) is 0 Å². The van der Waals surface area contributed by atoms with Gasteiger partial charge in [-0.2, -0.15) is 0 Å². The lowest BCUT2D eigenvalue weighted by atomic mass is 9.89. The number of hydrogen-bond donors (Lipinski definition) is 0. The highest BCUT2D eigenvalue weighted by Crippen LogP contribution is 2.26. The minimum atomic E-state index is 0.776. The van der Waals surface area contributed by atoms with Crippen LogP contribution in [0, 0.1) is 5.92 Å². The first-order valence-corrected chi connectivity index (χ1v) is 6.57. The molecule has 0 saturated carbocycles. The van der Waals surface area contributed by atoms with Gasteiger partial charge in [-0.1, -0.05) is 48.8 Å². The fourth-order valence-electron chi connectivity index (χ4n) is 2.71. The third kappa shape index (κ3) is 3.34. The zero-order valence-corrected chi connectivity index (χ0v) is 10.4. The Labute approximate surface area is 99.5 Å². The number of hydrogen-bond acceptors (Lipinski definition) is 1. The van der Waals surface area contributed by atoms with E-state index in [4.69, 9.17) is 0 Å². The van der Waals surface area contributed by atoms with Gasteiger partial charge in [-0.25, -0.2) is 0 Å². The monoisotopic (exact) mass is 217 g/mol. The molecule has 1 heteroatoms. The molecule has 1 saturated heterocycles. The van der Waals surface area contributed by atoms with Crippen LogP contribution in [0.2, 0.25) is 0 Å². The molecule has 0 N–H and O–H groups in total. The Kier molecular flexibility index (Phi) is 4.41. The van der Waals surface area contributed by atoms with Crippen molar-refractivity contribution in [3.05, 3.63) is 36.0 Å². The quantitative estimate of drug-likeness (QED) is 0.649. The average molecular weight is 217 g/mol. The van der Waals surface area contributed by atoms with Crippen LogP contribution in [0.15, 0.2) is 36.0 Å². The fourth-order valence-corrected chi connectivity index (χ4v) is 2.71. The van der Waals surface area contributed by atoms with Gasteiger partial charge in [0.2, 0.25) is 0 Å². The maximum Gasteiger partial charge on any atom is 0.00442 e. The van der Waals surface area contributed by atoms with Gasteiger partial charge < -0.3 is 4.90 Å². The van der Waals surface area contributed by atoms with Gasteiger partial charge in [0.05, 0.1) is 0 Å². The summed E-state index contributed by atoms with van der Waals surface area (Å²) >= 11 is 0. The predicted octanol–water partition coefficient (Wildman–Crippen LogP) is 3.55. The maximum atomic E-state index is 2.50. The molecule has 0 aromatic carbocycles. The second-order valence-electron chi connectivity index (χ2n) is 5.07. The van der Waals surface area contributed by atoms with Crippen molar-refractivity contribution in [2.24, 2.45) is 5.92 Å². The Morgan fingerprint density at radius 2 is 2.06 bits per heavy atom. The fraction of sp³-hybridized carbons (Fsp3) is 0.600. The van der Waals surface area contributed by atoms with E-state index < -0.39 is 0 Å². The van der Waals surface area contributed by atoms with E-state index in [1.807, 2.05) is 0 Å². The summed E-state index contributed by atoms with van der Waals surface area (Å²) in [6, 6.07) is 0. The van der Waals surface area contributed by atoms with Crippen molar-refractivity contribution in [1.29, 1.82) is 0 Å². The minimum Gasteiger partial charge on any atom is -0.306 e. The molecule has 1 unspecified atom stereocenters. The van der Waals surface area contributed by atoms with Crippen LogP contribution < -0.4 is 0 Å². The normalized spacial score (nSPS) is 28.1. The molecular weight excluding hydrogens is 194 g/mol. The van der Waals surface area contributed by atoms with Crippen LogP contribution in [0.4, 0.5) is 0 Å². The molecule has 88 valence electrons. The van der Waals surface area contributed by atoms with E-state index in [0.29, 0.717) is 0 Å². The molecule has 0 aromatic rings. The van der Waals surface area contributed by atoms with E-state index in [9.17, 15) is 0 Å². The molecule has 1 fully saturated rings. The van der Waals surface area contributed by atoms with Gasteiger partial charge in [0.25, 0.3) is 0 Å². The summed E-state index contributed by atoms with van der Waals surface area (Å²) in [6.07, 6.45) is 17.8. The lowest BCUT2D eigenvalue weighted by Crippen LogP contribution is -2.29. The second kappa shape index (κ2) is 6.05. The largest absolute Gasteiger partial charge is 0.306 e. The molecule has 0 aromatic heterocycles. The van der Waals surface area contributed by atoms with E-state index in [1.54, 1.807) is 5.57 Å². The van der Waals surface area contributed by atoms with Crippen molar-refractivity contribution in [1.82, 2.24) is 4.90 Å². The predicted molar refractivity (Wildman–Crippen MR) is 70.4 cm³/mol. The number of allylic oxidation sites excluding steroid dienone is 5. The van der Waals surface area contributed by atoms with Crippen LogP contribution in [-0.2, 0) is 0 Å². The van der Waals surface area contributed by atoms with Crippen molar-refractivity contribution < 1.29 is 0 Å². The van der Waals surface area contributed by atoms with Crippen molar-refractivity contribution in [3.8, 4) is 0 Å². The molecule has 0 radical (unpaired) electrons. The average Bonchev–Trinajstić information content (AvgIpc) is 2.51. The molecule has 0 spiro atoms. The van der Waals surface area contributed by atoms with Crippen molar-refractivity contribution in [2.75, 3.05) is 20.1 Å². The lowest BCUT2D eigenvalue weighted by molar-refractivity contribution is 0.256. The van der Waals surface area contributed by atoms with Gasteiger partial charge in [0, 0.05) is 6.54 Å². The Balaban J connectivity index is 2.02. The molecule has 2 rings (SSSR count). The lowest BCUT2D eigenvalue weighted by Gasteiger charge is -2.28. The van der Waals surface area contributed by atoms with Gasteiger partial charge >= 0.3 is 0 Å². The molecule has 1 atom stereocenters. The van der Waals surface area contributed by atoms with E-state index in [0.717, 1.165) is 12.3 Å². The van der Waals surface area contributed by atoms with E-state index >= 15 is 0 Å². The van der Waals surface area contributed by atoms with Gasteiger partial charge in [-0.15, -0.1) is 0 Å². The van der Waals surface area contributed by atoms with Crippen LogP contribution in [-0.4, -0.2) is 25.0 Å². The van der Waals surface area contributed by atoms with Crippen LogP contribution in [0.5, 0.6) is 0 Å². The van der Waals surface area contributed by atoms with Crippen LogP contribution in [0.1, 0.15) is 32.1 Å². The maximum absolute atomic E-state index is 2.50. The highest BCUT2D eigenvalue weighted by atomic mass is 15.1. The number of rotatable bonds is 1. The summed E-state index contributed by atoms with van der Waals surface area (Å²) in [7, 11) is 2.27. The Hall–Kier alpha value is -0.820. The van der Waals surface area contributed by atoms with Crippen molar-refractivity contribution >= 4 is 0 Å². The standard InChI is InChI=1S/C15H23N/c1-16-12-8-4-7-11-15(13-16)14-9-5-2-3-6-10-14/h2-3,5-6,9,15H,4,7-8,10-13H2,1H3. The summed E-state index contributed by atoms with van der Waals surface area (Å²) in [5.74, 6) is 0.776. The first-order valence-electron chi connectivity index (χ1n) is 6.57. The smallest absolute Gasteiger partial charge is 0.00442 e. The number of likely N-dealkylation sites (tertiary alicyclic amines) is 1. The van der Waals surface area contributed by atoms with E-state index in [2.05, 4.69) is 42.3 Å². The highest BCUT2D eigenvalue weighted by molar-refractivity contribution is 5.25. The summed E-state index contributed by atoms with van der Waals surface area (Å²) in [5, 5.41) is 0. The van der Waals surface area contributed by atoms with Crippen LogP contribution >= 0.6 is 0 Å². The minimum absolute atomic E-state index is 0.776. The molecule has 1 heterocycles. The first-order chi connectivity index (χ1) is 7.86. The topological polar surface area (TPSA) is 3.24 Å². The molecular formula is C15H23N. The van der Waals surface area contributed by atoms with Crippen molar-refractivity contribution in [2.45, 2.75) is 32.1 Å². The molecule has 0 bridgehead atoms. The van der Waals surface area contributed by atoms with Crippen molar-refractivity contribution in [3.63, 3.8) is 0 Å². The van der Waals surface area contributed by atoms with Gasteiger partial charge in [0.1, 0.15) is 0 Å². The van der Waals surface area contributed by atoms with E-state index in [1.165, 1.54) is 38.8 Å². The van der Waals surface area contributed by atoms with Gasteiger partial charge in [0.15, 0.2) is 0 Å². The summed E-state index contributed by atoms with van der Waals surface area (Å²) < 4.78 is 0. The molecule has 1 aliphatic heterocycles. The Bertz CT molecular complexity index is 299. The molecule has 2 aliphatic rings. The summed E-state index contributed by atoms with van der Waals surface area (Å²) in [4.78, 5) is 2.50. The zero-order valence-electron chi connectivity index (χ0n) is 10.4. The van der Waals surface area contributed by atoms with Crippen LogP contribution in [0.3, 0.4) is 0 Å². The summed E-state index contributed by atoms with van der Waals surface area (Å²) in [6.45, 7) is 2.52. The SMILES string of the molecule is CN1CCCCCC(C2=CC=CC=CC2)C1. The van der Waals surface area contributed by atoms with Gasteiger partial charge in [-0.3, -0.25) is 0 Å². The third-order valence-corrected chi connectivity index (χ3v) is 3.67. The zero-order chi connectivity index (χ0) is 11.2. The third-order valence-electron chi connectivity index (χ3n) is 3.67. The summed E-state index contributed by atoms with van der Waals surface area (Å²) in [5.41, 5.74) is 1.62. The Morgan fingerprint density at radius 1 is 1.12 bits per heavy atom. The molecule has 0 amide bonds. The first kappa shape index (κ1) is 11.7. The molecule has 16 heavy (non-hydrogen) atoms. The number of nitrogens with zero attached hydrogens (tertiary/aromatic N) is 1. The molecule has 1 nitrogen and oxygen atoms in total. The molecule has 1 aliphatic carbocycles. The van der Waals surface area contributed by atoms with Crippen LogP contribution in [0.25, 0.3) is 0 Å². The Morgan fingerprint density at radius 3 is 3.00 bits per heavy atom. The second-order valence-corrected chi connectivity index (χ2v) is 5.07. The highest BCUT2D eigenvalue weighted by Gasteiger charge is 2.17.